The zero-order valence-corrected chi connectivity index (χ0v) is 13.2. The van der Waals surface area contributed by atoms with Crippen molar-refractivity contribution in [1.82, 2.24) is 5.32 Å². The van der Waals surface area contributed by atoms with Crippen LogP contribution in [0.1, 0.15) is 53.0 Å². The van der Waals surface area contributed by atoms with E-state index in [1.165, 1.54) is 12.0 Å². The fraction of sp³-hybridized carbons (Fsp3) is 0.647. The predicted molar refractivity (Wildman–Crippen MR) is 85.3 cm³/mol. The molecule has 0 spiro atoms. The molecule has 1 aromatic rings. The topological polar surface area (TPSA) is 38.0 Å². The smallest absolute Gasteiger partial charge is 0.0314 e. The predicted octanol–water partition coefficient (Wildman–Crippen LogP) is 4.01. The molecule has 0 saturated heterocycles. The maximum atomic E-state index is 5.68. The van der Waals surface area contributed by atoms with Gasteiger partial charge in [-0.3, -0.25) is 0 Å². The first kappa shape index (κ1) is 16.0. The summed E-state index contributed by atoms with van der Waals surface area (Å²) in [6.07, 6.45) is 3.46. The van der Waals surface area contributed by atoms with Gasteiger partial charge in [-0.1, -0.05) is 32.9 Å². The van der Waals surface area contributed by atoms with Crippen molar-refractivity contribution in [2.24, 2.45) is 5.41 Å². The Morgan fingerprint density at radius 3 is 2.11 bits per heavy atom. The third-order valence-corrected chi connectivity index (χ3v) is 3.20. The molecule has 19 heavy (non-hydrogen) atoms. The van der Waals surface area contributed by atoms with Gasteiger partial charge < -0.3 is 11.1 Å². The van der Waals surface area contributed by atoms with Crippen LogP contribution in [0.25, 0.3) is 0 Å². The quantitative estimate of drug-likeness (QED) is 0.600. The van der Waals surface area contributed by atoms with Gasteiger partial charge in [-0.15, -0.1) is 0 Å². The highest BCUT2D eigenvalue weighted by Gasteiger charge is 2.24. The molecule has 0 aliphatic rings. The molecule has 108 valence electrons. The summed E-state index contributed by atoms with van der Waals surface area (Å²) < 4.78 is 0. The monoisotopic (exact) mass is 262 g/mol. The van der Waals surface area contributed by atoms with Gasteiger partial charge in [0.1, 0.15) is 0 Å². The Morgan fingerprint density at radius 2 is 1.58 bits per heavy atom. The summed E-state index contributed by atoms with van der Waals surface area (Å²) in [6.45, 7) is 12.5. The molecule has 2 heteroatoms. The zero-order valence-electron chi connectivity index (χ0n) is 13.2. The lowest BCUT2D eigenvalue weighted by Crippen LogP contribution is -2.42. The summed E-state index contributed by atoms with van der Waals surface area (Å²) in [7, 11) is 0. The van der Waals surface area contributed by atoms with E-state index in [4.69, 9.17) is 5.73 Å². The first-order valence-corrected chi connectivity index (χ1v) is 7.27. The van der Waals surface area contributed by atoms with Crippen molar-refractivity contribution in [1.29, 1.82) is 0 Å². The Balaban J connectivity index is 2.28. The summed E-state index contributed by atoms with van der Waals surface area (Å²) in [5.74, 6) is 0. The van der Waals surface area contributed by atoms with Crippen LogP contribution >= 0.6 is 0 Å². The van der Waals surface area contributed by atoms with Crippen LogP contribution in [-0.2, 0) is 6.42 Å². The van der Waals surface area contributed by atoms with Crippen molar-refractivity contribution in [3.63, 3.8) is 0 Å². The van der Waals surface area contributed by atoms with Crippen LogP contribution in [0.15, 0.2) is 24.3 Å². The second-order valence-electron chi connectivity index (χ2n) is 7.39. The fourth-order valence-corrected chi connectivity index (χ4v) is 2.79. The minimum atomic E-state index is 0.208. The number of anilines is 1. The third kappa shape index (κ3) is 7.22. The molecule has 0 aliphatic heterocycles. The van der Waals surface area contributed by atoms with Crippen LogP contribution in [0.5, 0.6) is 0 Å². The second kappa shape index (κ2) is 6.42. The number of nitrogens with two attached hydrogens (primary N) is 1. The van der Waals surface area contributed by atoms with Crippen LogP contribution in [0.2, 0.25) is 0 Å². The zero-order chi connectivity index (χ0) is 14.5. The van der Waals surface area contributed by atoms with Crippen molar-refractivity contribution < 1.29 is 0 Å². The molecule has 0 aromatic heterocycles. The molecule has 0 heterocycles. The molecule has 0 unspecified atom stereocenters. The molecule has 1 rings (SSSR count). The first-order valence-electron chi connectivity index (χ1n) is 7.27. The normalized spacial score (nSPS) is 12.7. The summed E-state index contributed by atoms with van der Waals surface area (Å²) in [6, 6.07) is 8.20. The summed E-state index contributed by atoms with van der Waals surface area (Å²) in [5, 5.41) is 3.67. The molecule has 0 aliphatic carbocycles. The van der Waals surface area contributed by atoms with Gasteiger partial charge in [0.05, 0.1) is 0 Å². The molecule has 0 bridgehead atoms. The molecular weight excluding hydrogens is 232 g/mol. The highest BCUT2D eigenvalue weighted by Crippen LogP contribution is 2.26. The van der Waals surface area contributed by atoms with Crippen LogP contribution in [0, 0.1) is 5.41 Å². The molecule has 1 aromatic carbocycles. The number of rotatable bonds is 6. The lowest BCUT2D eigenvalue weighted by molar-refractivity contribution is 0.242. The van der Waals surface area contributed by atoms with E-state index in [9.17, 15) is 0 Å². The highest BCUT2D eigenvalue weighted by molar-refractivity contribution is 5.39. The Hall–Kier alpha value is -1.02. The van der Waals surface area contributed by atoms with Crippen LogP contribution in [-0.4, -0.2) is 12.1 Å². The molecule has 0 radical (unpaired) electrons. The molecular formula is C17H30N2. The minimum Gasteiger partial charge on any atom is -0.399 e. The molecule has 0 saturated carbocycles. The number of nitrogens with one attached hydrogen (secondary N) is 1. The first-order chi connectivity index (χ1) is 8.68. The summed E-state index contributed by atoms with van der Waals surface area (Å²) in [5.41, 5.74) is 8.47. The van der Waals surface area contributed by atoms with Gasteiger partial charge in [-0.2, -0.15) is 0 Å². The maximum Gasteiger partial charge on any atom is 0.0314 e. The van der Waals surface area contributed by atoms with Gasteiger partial charge in [0, 0.05) is 11.2 Å². The standard InChI is InChI=1S/C17H30N2/c1-16(2,3)13-17(4,5)19-12-6-7-14-8-10-15(18)11-9-14/h8-11,19H,6-7,12-13,18H2,1-5H3. The van der Waals surface area contributed by atoms with Crippen molar-refractivity contribution in [3.8, 4) is 0 Å². The van der Waals surface area contributed by atoms with Crippen LogP contribution < -0.4 is 11.1 Å². The lowest BCUT2D eigenvalue weighted by Gasteiger charge is -2.33. The maximum absolute atomic E-state index is 5.68. The van der Waals surface area contributed by atoms with Crippen molar-refractivity contribution >= 4 is 5.69 Å². The number of nitrogen functional groups attached to an aromatic ring is 1. The Labute approximate surface area is 118 Å². The van der Waals surface area contributed by atoms with Crippen LogP contribution in [0.4, 0.5) is 5.69 Å². The van der Waals surface area contributed by atoms with E-state index >= 15 is 0 Å². The highest BCUT2D eigenvalue weighted by atomic mass is 14.9. The molecule has 3 N–H and O–H groups in total. The number of hydrogen-bond acceptors (Lipinski definition) is 2. The van der Waals surface area contributed by atoms with Crippen molar-refractivity contribution in [2.75, 3.05) is 12.3 Å². The molecule has 0 atom stereocenters. The average molecular weight is 262 g/mol. The minimum absolute atomic E-state index is 0.208. The van der Waals surface area contributed by atoms with E-state index in [0.717, 1.165) is 25.1 Å². The largest absolute Gasteiger partial charge is 0.399 e. The average Bonchev–Trinajstić information content (AvgIpc) is 2.23. The molecule has 2 nitrogen and oxygen atoms in total. The van der Waals surface area contributed by atoms with Crippen LogP contribution in [0.3, 0.4) is 0 Å². The number of aryl methyl sites for hydroxylation is 1. The van der Waals surface area contributed by atoms with E-state index in [1.54, 1.807) is 0 Å². The Kier molecular flexibility index (Phi) is 5.42. The van der Waals surface area contributed by atoms with E-state index in [2.05, 4.69) is 52.1 Å². The fourth-order valence-electron chi connectivity index (χ4n) is 2.79. The molecule has 0 amide bonds. The van der Waals surface area contributed by atoms with E-state index in [0.29, 0.717) is 5.41 Å². The van der Waals surface area contributed by atoms with Crippen molar-refractivity contribution in [3.05, 3.63) is 29.8 Å². The summed E-state index contributed by atoms with van der Waals surface area (Å²) >= 11 is 0. The van der Waals surface area contributed by atoms with Gasteiger partial charge in [-0.05, 0) is 62.8 Å². The molecule has 0 fully saturated rings. The SMILES string of the molecule is CC(C)(C)CC(C)(C)NCCCc1ccc(N)cc1. The van der Waals surface area contributed by atoms with Gasteiger partial charge in [0.25, 0.3) is 0 Å². The van der Waals surface area contributed by atoms with Gasteiger partial charge in [0.15, 0.2) is 0 Å². The van der Waals surface area contributed by atoms with E-state index in [-0.39, 0.29) is 5.54 Å². The Morgan fingerprint density at radius 1 is 1.00 bits per heavy atom. The van der Waals surface area contributed by atoms with Gasteiger partial charge >= 0.3 is 0 Å². The van der Waals surface area contributed by atoms with E-state index < -0.39 is 0 Å². The number of benzene rings is 1. The van der Waals surface area contributed by atoms with Crippen molar-refractivity contribution in [2.45, 2.75) is 59.4 Å². The van der Waals surface area contributed by atoms with Gasteiger partial charge in [0.2, 0.25) is 0 Å². The third-order valence-electron chi connectivity index (χ3n) is 3.20. The summed E-state index contributed by atoms with van der Waals surface area (Å²) in [4.78, 5) is 0. The Bertz CT molecular complexity index is 371. The second-order valence-corrected chi connectivity index (χ2v) is 7.39. The lowest BCUT2D eigenvalue weighted by atomic mass is 9.82. The van der Waals surface area contributed by atoms with E-state index in [1.807, 2.05) is 12.1 Å². The van der Waals surface area contributed by atoms with Gasteiger partial charge in [-0.25, -0.2) is 0 Å². The number of hydrogen-bond donors (Lipinski definition) is 2.